The molecule has 1 aliphatic heterocycles. The second-order valence-corrected chi connectivity index (χ2v) is 9.35. The highest BCUT2D eigenvalue weighted by Gasteiger charge is 2.34. The lowest BCUT2D eigenvalue weighted by atomic mass is 10.0. The maximum Gasteiger partial charge on any atom is 0.341 e. The van der Waals surface area contributed by atoms with Crippen molar-refractivity contribution in [3.05, 3.63) is 70.6 Å². The van der Waals surface area contributed by atoms with Crippen LogP contribution in [0.2, 0.25) is 0 Å². The van der Waals surface area contributed by atoms with Crippen LogP contribution in [0.25, 0.3) is 11.1 Å². The standard InChI is InChI=1S/C28H28N2O6S/c1-3-36-28(34)24-22(18-12-14-19(35-2)15-13-18)17-37-25(24)29-23(31)11-5-4-8-16-30-26(32)20-9-6-7-10-21(20)27(30)33/h6-7,9-10,12-15,17H,3-5,8,11,16H2,1-2H3,(H,29,31). The van der Waals surface area contributed by atoms with E-state index in [4.69, 9.17) is 9.47 Å². The number of nitrogens with one attached hydrogen (secondary N) is 1. The normalized spacial score (nSPS) is 12.4. The molecule has 192 valence electrons. The van der Waals surface area contributed by atoms with Crippen LogP contribution in [0.4, 0.5) is 5.00 Å². The van der Waals surface area contributed by atoms with Gasteiger partial charge in [-0.15, -0.1) is 11.3 Å². The molecule has 0 aliphatic carbocycles. The molecule has 0 saturated heterocycles. The highest BCUT2D eigenvalue weighted by molar-refractivity contribution is 7.15. The Bertz CT molecular complexity index is 1280. The van der Waals surface area contributed by atoms with Crippen LogP contribution in [0, 0.1) is 0 Å². The van der Waals surface area contributed by atoms with Crippen LogP contribution in [0.5, 0.6) is 5.75 Å². The Morgan fingerprint density at radius 3 is 2.22 bits per heavy atom. The number of hydrogen-bond donors (Lipinski definition) is 1. The molecule has 0 spiro atoms. The van der Waals surface area contributed by atoms with Crippen molar-refractivity contribution in [3.63, 3.8) is 0 Å². The van der Waals surface area contributed by atoms with Crippen molar-refractivity contribution in [2.24, 2.45) is 0 Å². The molecule has 0 unspecified atom stereocenters. The molecule has 0 atom stereocenters. The van der Waals surface area contributed by atoms with Gasteiger partial charge in [-0.3, -0.25) is 19.3 Å². The zero-order chi connectivity index (χ0) is 26.4. The summed E-state index contributed by atoms with van der Waals surface area (Å²) in [6.45, 7) is 2.27. The van der Waals surface area contributed by atoms with E-state index in [9.17, 15) is 19.2 Å². The fraction of sp³-hybridized carbons (Fsp3) is 0.286. The first kappa shape index (κ1) is 26.1. The number of fused-ring (bicyclic) bond motifs is 1. The third kappa shape index (κ3) is 5.72. The Labute approximate surface area is 219 Å². The van der Waals surface area contributed by atoms with E-state index in [0.29, 0.717) is 58.8 Å². The van der Waals surface area contributed by atoms with E-state index >= 15 is 0 Å². The smallest absolute Gasteiger partial charge is 0.341 e. The van der Waals surface area contributed by atoms with Crippen molar-refractivity contribution < 1.29 is 28.7 Å². The van der Waals surface area contributed by atoms with Crippen LogP contribution in [-0.2, 0) is 9.53 Å². The van der Waals surface area contributed by atoms with E-state index in [2.05, 4.69) is 5.32 Å². The first-order valence-corrected chi connectivity index (χ1v) is 13.0. The summed E-state index contributed by atoms with van der Waals surface area (Å²) < 4.78 is 10.5. The molecule has 9 heteroatoms. The Morgan fingerprint density at radius 1 is 0.919 bits per heavy atom. The van der Waals surface area contributed by atoms with Gasteiger partial charge in [-0.1, -0.05) is 30.7 Å². The van der Waals surface area contributed by atoms with E-state index in [1.54, 1.807) is 38.3 Å². The van der Waals surface area contributed by atoms with Gasteiger partial charge in [0.15, 0.2) is 0 Å². The number of hydrogen-bond acceptors (Lipinski definition) is 7. The van der Waals surface area contributed by atoms with Crippen molar-refractivity contribution in [2.45, 2.75) is 32.6 Å². The Balaban J connectivity index is 1.32. The fourth-order valence-electron chi connectivity index (χ4n) is 4.20. The summed E-state index contributed by atoms with van der Waals surface area (Å²) in [5, 5.41) is 5.13. The summed E-state index contributed by atoms with van der Waals surface area (Å²) >= 11 is 1.27. The molecular formula is C28H28N2O6S. The second kappa shape index (κ2) is 11.8. The van der Waals surface area contributed by atoms with E-state index in [-0.39, 0.29) is 30.7 Å². The first-order chi connectivity index (χ1) is 17.9. The maximum absolute atomic E-state index is 12.7. The quantitative estimate of drug-likeness (QED) is 0.206. The average molecular weight is 521 g/mol. The molecule has 0 saturated carbocycles. The zero-order valence-electron chi connectivity index (χ0n) is 20.7. The van der Waals surface area contributed by atoms with Gasteiger partial charge in [-0.05, 0) is 49.6 Å². The van der Waals surface area contributed by atoms with Crippen molar-refractivity contribution >= 4 is 40.0 Å². The van der Waals surface area contributed by atoms with Crippen LogP contribution in [-0.4, -0.2) is 48.9 Å². The highest BCUT2D eigenvalue weighted by atomic mass is 32.1. The van der Waals surface area contributed by atoms with Crippen molar-refractivity contribution in [2.75, 3.05) is 25.6 Å². The molecular weight excluding hydrogens is 492 g/mol. The molecule has 1 aromatic heterocycles. The van der Waals surface area contributed by atoms with Crippen LogP contribution in [0.15, 0.2) is 53.9 Å². The minimum Gasteiger partial charge on any atom is -0.497 e. The first-order valence-electron chi connectivity index (χ1n) is 12.1. The third-order valence-electron chi connectivity index (χ3n) is 6.09. The number of ether oxygens (including phenoxy) is 2. The van der Waals surface area contributed by atoms with Gasteiger partial charge >= 0.3 is 5.97 Å². The van der Waals surface area contributed by atoms with E-state index < -0.39 is 5.97 Å². The number of amides is 3. The predicted octanol–water partition coefficient (Wildman–Crippen LogP) is 5.40. The molecule has 8 nitrogen and oxygen atoms in total. The lowest BCUT2D eigenvalue weighted by Gasteiger charge is -2.13. The Kier molecular flexibility index (Phi) is 8.35. The highest BCUT2D eigenvalue weighted by Crippen LogP contribution is 2.37. The monoisotopic (exact) mass is 520 g/mol. The summed E-state index contributed by atoms with van der Waals surface area (Å²) in [6, 6.07) is 14.1. The Morgan fingerprint density at radius 2 is 1.59 bits per heavy atom. The number of unbranched alkanes of at least 4 members (excludes halogenated alkanes) is 2. The van der Waals surface area contributed by atoms with Gasteiger partial charge in [0, 0.05) is 23.9 Å². The molecule has 1 aliphatic rings. The van der Waals surface area contributed by atoms with Crippen molar-refractivity contribution in [3.8, 4) is 16.9 Å². The molecule has 3 aromatic rings. The van der Waals surface area contributed by atoms with Gasteiger partial charge in [-0.2, -0.15) is 0 Å². The Hall–Kier alpha value is -3.98. The minimum absolute atomic E-state index is 0.214. The van der Waals surface area contributed by atoms with E-state index in [1.807, 2.05) is 29.6 Å². The van der Waals surface area contributed by atoms with Gasteiger partial charge in [0.05, 0.1) is 24.8 Å². The lowest BCUT2D eigenvalue weighted by molar-refractivity contribution is -0.116. The SMILES string of the molecule is CCOC(=O)c1c(-c2ccc(OC)cc2)csc1NC(=O)CCCCCN1C(=O)c2ccccc2C1=O. The number of methoxy groups -OCH3 is 1. The molecule has 0 fully saturated rings. The summed E-state index contributed by atoms with van der Waals surface area (Å²) in [4.78, 5) is 51.6. The van der Waals surface area contributed by atoms with Crippen molar-refractivity contribution in [1.29, 1.82) is 0 Å². The van der Waals surface area contributed by atoms with Crippen LogP contribution in [0.1, 0.15) is 63.7 Å². The maximum atomic E-state index is 12.7. The summed E-state index contributed by atoms with van der Waals surface area (Å²) in [5.74, 6) is -0.543. The zero-order valence-corrected chi connectivity index (χ0v) is 21.6. The van der Waals surface area contributed by atoms with Crippen LogP contribution < -0.4 is 10.1 Å². The van der Waals surface area contributed by atoms with Gasteiger partial charge in [0.2, 0.25) is 5.91 Å². The number of anilines is 1. The number of imide groups is 1. The van der Waals surface area contributed by atoms with E-state index in [1.165, 1.54) is 16.2 Å². The number of esters is 1. The molecule has 0 radical (unpaired) electrons. The van der Waals surface area contributed by atoms with E-state index in [0.717, 1.165) is 5.56 Å². The van der Waals surface area contributed by atoms with Crippen molar-refractivity contribution in [1.82, 2.24) is 4.90 Å². The van der Waals surface area contributed by atoms with Gasteiger partial charge < -0.3 is 14.8 Å². The lowest BCUT2D eigenvalue weighted by Crippen LogP contribution is -2.30. The third-order valence-corrected chi connectivity index (χ3v) is 6.98. The number of benzene rings is 2. The molecule has 3 amide bonds. The fourth-order valence-corrected chi connectivity index (χ4v) is 5.18. The minimum atomic E-state index is -0.495. The van der Waals surface area contributed by atoms with Crippen LogP contribution >= 0.6 is 11.3 Å². The number of carbonyl (C=O) groups is 4. The second-order valence-electron chi connectivity index (χ2n) is 8.47. The van der Waals surface area contributed by atoms with Gasteiger partial charge in [0.25, 0.3) is 11.8 Å². The number of carbonyl (C=O) groups excluding carboxylic acids is 4. The number of thiophene rings is 1. The van der Waals surface area contributed by atoms with Gasteiger partial charge in [-0.25, -0.2) is 4.79 Å². The predicted molar refractivity (Wildman–Crippen MR) is 141 cm³/mol. The summed E-state index contributed by atoms with van der Waals surface area (Å²) in [5.41, 5.74) is 2.70. The molecule has 2 aromatic carbocycles. The molecule has 1 N–H and O–H groups in total. The molecule has 0 bridgehead atoms. The van der Waals surface area contributed by atoms with Crippen LogP contribution in [0.3, 0.4) is 0 Å². The summed E-state index contributed by atoms with van der Waals surface area (Å²) in [6.07, 6.45) is 2.11. The molecule has 2 heterocycles. The van der Waals surface area contributed by atoms with Gasteiger partial charge in [0.1, 0.15) is 16.3 Å². The largest absolute Gasteiger partial charge is 0.497 e. The number of rotatable bonds is 11. The topological polar surface area (TPSA) is 102 Å². The number of nitrogens with zero attached hydrogens (tertiary/aromatic N) is 1. The molecule has 4 rings (SSSR count). The summed E-state index contributed by atoms with van der Waals surface area (Å²) in [7, 11) is 1.59. The average Bonchev–Trinajstić information content (AvgIpc) is 3.43. The molecule has 37 heavy (non-hydrogen) atoms.